The van der Waals surface area contributed by atoms with Crippen LogP contribution in [-0.2, 0) is 12.8 Å². The van der Waals surface area contributed by atoms with Gasteiger partial charge < -0.3 is 5.11 Å². The standard InChI is InChI=1S/C7H5F3N2O3/c8-7(9,10)6-1-5(12(14)15)4(3-13)2-11-6/h1-2,13H,3H2. The van der Waals surface area contributed by atoms with Gasteiger partial charge in [0.1, 0.15) is 0 Å². The van der Waals surface area contributed by atoms with E-state index in [4.69, 9.17) is 5.11 Å². The number of aromatic nitrogens is 1. The van der Waals surface area contributed by atoms with Gasteiger partial charge in [-0.3, -0.25) is 15.1 Å². The molecule has 0 aliphatic heterocycles. The summed E-state index contributed by atoms with van der Waals surface area (Å²) < 4.78 is 36.4. The third-order valence-electron chi connectivity index (χ3n) is 1.62. The number of nitrogens with zero attached hydrogens (tertiary/aromatic N) is 2. The Labute approximate surface area is 81.3 Å². The second-order valence-electron chi connectivity index (χ2n) is 2.61. The lowest BCUT2D eigenvalue weighted by atomic mass is 10.2. The lowest BCUT2D eigenvalue weighted by molar-refractivity contribution is -0.386. The van der Waals surface area contributed by atoms with Crippen LogP contribution < -0.4 is 0 Å². The van der Waals surface area contributed by atoms with Crippen molar-refractivity contribution in [3.8, 4) is 0 Å². The number of rotatable bonds is 2. The summed E-state index contributed by atoms with van der Waals surface area (Å²) in [6.45, 7) is -0.735. The van der Waals surface area contributed by atoms with Gasteiger partial charge in [-0.15, -0.1) is 0 Å². The highest BCUT2D eigenvalue weighted by atomic mass is 19.4. The van der Waals surface area contributed by atoms with Gasteiger partial charge in [-0.05, 0) is 0 Å². The minimum absolute atomic E-state index is 0.256. The van der Waals surface area contributed by atoms with Gasteiger partial charge in [0, 0.05) is 12.3 Å². The van der Waals surface area contributed by atoms with E-state index in [-0.39, 0.29) is 5.56 Å². The van der Waals surface area contributed by atoms with Gasteiger partial charge in [0.15, 0.2) is 5.69 Å². The Morgan fingerprint density at radius 2 is 2.13 bits per heavy atom. The van der Waals surface area contributed by atoms with E-state index >= 15 is 0 Å². The molecule has 0 amide bonds. The maximum absolute atomic E-state index is 12.1. The van der Waals surface area contributed by atoms with Crippen LogP contribution in [0.15, 0.2) is 12.3 Å². The lowest BCUT2D eigenvalue weighted by Crippen LogP contribution is -2.09. The molecule has 1 rings (SSSR count). The molecule has 1 aromatic heterocycles. The van der Waals surface area contributed by atoms with Gasteiger partial charge in [-0.1, -0.05) is 0 Å². The highest BCUT2D eigenvalue weighted by Gasteiger charge is 2.34. The quantitative estimate of drug-likeness (QED) is 0.607. The van der Waals surface area contributed by atoms with Crippen molar-refractivity contribution in [3.05, 3.63) is 33.6 Å². The SMILES string of the molecule is O=[N+]([O-])c1cc(C(F)(F)F)ncc1CO. The zero-order valence-electron chi connectivity index (χ0n) is 7.15. The van der Waals surface area contributed by atoms with Crippen LogP contribution in [0.2, 0.25) is 0 Å². The molecule has 1 aromatic rings. The molecule has 1 N–H and O–H groups in total. The number of aliphatic hydroxyl groups is 1. The molecule has 1 heterocycles. The molecule has 15 heavy (non-hydrogen) atoms. The highest BCUT2D eigenvalue weighted by molar-refractivity contribution is 5.39. The molecular weight excluding hydrogens is 217 g/mol. The van der Waals surface area contributed by atoms with E-state index in [1.54, 1.807) is 0 Å². The molecule has 0 atom stereocenters. The first-order chi connectivity index (χ1) is 6.86. The normalized spacial score (nSPS) is 11.5. The summed E-state index contributed by atoms with van der Waals surface area (Å²) in [5, 5.41) is 19.0. The van der Waals surface area contributed by atoms with Crippen molar-refractivity contribution in [2.75, 3.05) is 0 Å². The largest absolute Gasteiger partial charge is 0.433 e. The van der Waals surface area contributed by atoms with Gasteiger partial charge in [-0.2, -0.15) is 13.2 Å². The fourth-order valence-electron chi connectivity index (χ4n) is 0.920. The summed E-state index contributed by atoms with van der Waals surface area (Å²) in [6.07, 6.45) is -4.10. The first-order valence-electron chi connectivity index (χ1n) is 3.67. The number of alkyl halides is 3. The van der Waals surface area contributed by atoms with E-state index < -0.39 is 29.1 Å². The van der Waals surface area contributed by atoms with Crippen molar-refractivity contribution in [3.63, 3.8) is 0 Å². The lowest BCUT2D eigenvalue weighted by Gasteiger charge is -2.06. The summed E-state index contributed by atoms with van der Waals surface area (Å²) in [6, 6.07) is 0.297. The number of aliphatic hydroxyl groups excluding tert-OH is 1. The van der Waals surface area contributed by atoms with Crippen LogP contribution in [0, 0.1) is 10.1 Å². The maximum atomic E-state index is 12.1. The Morgan fingerprint density at radius 1 is 1.53 bits per heavy atom. The molecular formula is C7H5F3N2O3. The van der Waals surface area contributed by atoms with Gasteiger partial charge in [0.25, 0.3) is 5.69 Å². The number of hydrogen-bond donors (Lipinski definition) is 1. The summed E-state index contributed by atoms with van der Waals surface area (Å²) in [5.41, 5.74) is -2.40. The van der Waals surface area contributed by atoms with E-state index in [9.17, 15) is 23.3 Å². The molecule has 0 saturated carbocycles. The predicted octanol–water partition coefficient (Wildman–Crippen LogP) is 1.50. The number of hydrogen-bond acceptors (Lipinski definition) is 4. The van der Waals surface area contributed by atoms with Gasteiger partial charge >= 0.3 is 6.18 Å². The van der Waals surface area contributed by atoms with Gasteiger partial charge in [0.2, 0.25) is 0 Å². The van der Waals surface area contributed by atoms with Crippen molar-refractivity contribution in [1.29, 1.82) is 0 Å². The van der Waals surface area contributed by atoms with E-state index in [1.807, 2.05) is 0 Å². The van der Waals surface area contributed by atoms with Crippen molar-refractivity contribution >= 4 is 5.69 Å². The van der Waals surface area contributed by atoms with Crippen molar-refractivity contribution in [1.82, 2.24) is 4.98 Å². The summed E-state index contributed by atoms with van der Waals surface area (Å²) in [4.78, 5) is 12.3. The van der Waals surface area contributed by atoms with Gasteiger partial charge in [-0.25, -0.2) is 0 Å². The molecule has 0 spiro atoms. The van der Waals surface area contributed by atoms with E-state index in [1.165, 1.54) is 0 Å². The fourth-order valence-corrected chi connectivity index (χ4v) is 0.920. The zero-order valence-corrected chi connectivity index (χ0v) is 7.15. The number of halogens is 3. The topological polar surface area (TPSA) is 76.3 Å². The fraction of sp³-hybridized carbons (Fsp3) is 0.286. The maximum Gasteiger partial charge on any atom is 0.433 e. The van der Waals surface area contributed by atoms with Crippen LogP contribution in [0.4, 0.5) is 18.9 Å². The molecule has 0 radical (unpaired) electrons. The first-order valence-corrected chi connectivity index (χ1v) is 3.67. The van der Waals surface area contributed by atoms with Crippen LogP contribution >= 0.6 is 0 Å². The van der Waals surface area contributed by atoms with Crippen molar-refractivity contribution < 1.29 is 23.2 Å². The third-order valence-corrected chi connectivity index (χ3v) is 1.62. The molecule has 0 bridgehead atoms. The van der Waals surface area contributed by atoms with E-state index in [2.05, 4.69) is 4.98 Å². The molecule has 8 heteroatoms. The number of pyridine rings is 1. The Balaban J connectivity index is 3.28. The van der Waals surface area contributed by atoms with Crippen LogP contribution in [-0.4, -0.2) is 15.0 Å². The Kier molecular flexibility index (Phi) is 2.89. The van der Waals surface area contributed by atoms with E-state index in [0.29, 0.717) is 12.3 Å². The molecule has 0 aromatic carbocycles. The second-order valence-corrected chi connectivity index (χ2v) is 2.61. The predicted molar refractivity (Wildman–Crippen MR) is 41.8 cm³/mol. The third kappa shape index (κ3) is 2.40. The second kappa shape index (κ2) is 3.81. The monoisotopic (exact) mass is 222 g/mol. The Hall–Kier alpha value is -1.70. The smallest absolute Gasteiger partial charge is 0.391 e. The van der Waals surface area contributed by atoms with Crippen LogP contribution in [0.25, 0.3) is 0 Å². The molecule has 82 valence electrons. The zero-order chi connectivity index (χ0) is 11.6. The minimum Gasteiger partial charge on any atom is -0.391 e. The molecule has 0 aliphatic rings. The summed E-state index contributed by atoms with van der Waals surface area (Å²) in [5.74, 6) is 0. The van der Waals surface area contributed by atoms with Crippen molar-refractivity contribution in [2.45, 2.75) is 12.8 Å². The van der Waals surface area contributed by atoms with E-state index in [0.717, 1.165) is 0 Å². The molecule has 0 fully saturated rings. The number of nitro groups is 1. The van der Waals surface area contributed by atoms with Gasteiger partial charge in [0.05, 0.1) is 17.1 Å². The van der Waals surface area contributed by atoms with Crippen molar-refractivity contribution in [2.24, 2.45) is 0 Å². The van der Waals surface area contributed by atoms with Crippen LogP contribution in [0.1, 0.15) is 11.3 Å². The molecule has 0 aliphatic carbocycles. The first kappa shape index (κ1) is 11.4. The summed E-state index contributed by atoms with van der Waals surface area (Å²) >= 11 is 0. The minimum atomic E-state index is -4.74. The Bertz CT molecular complexity index is 392. The Morgan fingerprint density at radius 3 is 2.53 bits per heavy atom. The average molecular weight is 222 g/mol. The highest BCUT2D eigenvalue weighted by Crippen LogP contribution is 2.30. The summed E-state index contributed by atoms with van der Waals surface area (Å²) in [7, 11) is 0. The van der Waals surface area contributed by atoms with Crippen LogP contribution in [0.3, 0.4) is 0 Å². The molecule has 5 nitrogen and oxygen atoms in total. The average Bonchev–Trinajstić information content (AvgIpc) is 2.15. The van der Waals surface area contributed by atoms with Crippen LogP contribution in [0.5, 0.6) is 0 Å². The molecule has 0 saturated heterocycles. The molecule has 0 unspecified atom stereocenters.